The van der Waals surface area contributed by atoms with Gasteiger partial charge >= 0.3 is 0 Å². The van der Waals surface area contributed by atoms with Crippen molar-refractivity contribution in [3.8, 4) is 5.75 Å². The van der Waals surface area contributed by atoms with Gasteiger partial charge in [-0.25, -0.2) is 0 Å². The summed E-state index contributed by atoms with van der Waals surface area (Å²) >= 11 is 5.27. The SMILES string of the molecule is C=CCn1c(=S)[nH]c2cc(C(=O)NCC(c3cccc(OC)c3)N(C)C)ccc2c1=O. The number of amides is 1. The van der Waals surface area contributed by atoms with Crippen molar-refractivity contribution in [2.24, 2.45) is 0 Å². The number of hydrogen-bond acceptors (Lipinski definition) is 5. The Kier molecular flexibility index (Phi) is 7.04. The second-order valence-electron chi connectivity index (χ2n) is 7.36. The van der Waals surface area contributed by atoms with Crippen molar-refractivity contribution < 1.29 is 9.53 Å². The molecule has 7 nitrogen and oxygen atoms in total. The number of rotatable bonds is 8. The van der Waals surface area contributed by atoms with Crippen LogP contribution in [0.5, 0.6) is 5.75 Å². The highest BCUT2D eigenvalue weighted by molar-refractivity contribution is 7.71. The fourth-order valence-electron chi connectivity index (χ4n) is 3.43. The number of nitrogens with one attached hydrogen (secondary N) is 2. The van der Waals surface area contributed by atoms with Gasteiger partial charge in [0.1, 0.15) is 5.75 Å². The molecular formula is C23H26N4O3S. The zero-order valence-electron chi connectivity index (χ0n) is 17.8. The molecule has 1 heterocycles. The number of aromatic amines is 1. The van der Waals surface area contributed by atoms with Gasteiger partial charge in [0.15, 0.2) is 4.77 Å². The number of likely N-dealkylation sites (N-methyl/N-ethyl adjacent to an activating group) is 1. The van der Waals surface area contributed by atoms with Crippen LogP contribution in [0.4, 0.5) is 0 Å². The van der Waals surface area contributed by atoms with Crippen LogP contribution in [0, 0.1) is 4.77 Å². The topological polar surface area (TPSA) is 79.4 Å². The van der Waals surface area contributed by atoms with E-state index in [4.69, 9.17) is 17.0 Å². The van der Waals surface area contributed by atoms with Crippen molar-refractivity contribution in [3.05, 3.63) is 81.4 Å². The molecule has 8 heteroatoms. The van der Waals surface area contributed by atoms with Crippen LogP contribution in [0.1, 0.15) is 22.0 Å². The molecule has 3 rings (SSSR count). The largest absolute Gasteiger partial charge is 0.497 e. The summed E-state index contributed by atoms with van der Waals surface area (Å²) < 4.78 is 7.04. The van der Waals surface area contributed by atoms with E-state index < -0.39 is 0 Å². The number of aromatic nitrogens is 2. The highest BCUT2D eigenvalue weighted by Gasteiger charge is 2.17. The summed E-state index contributed by atoms with van der Waals surface area (Å²) in [5, 5.41) is 3.45. The van der Waals surface area contributed by atoms with Crippen molar-refractivity contribution in [2.75, 3.05) is 27.7 Å². The maximum absolute atomic E-state index is 12.8. The molecule has 1 atom stereocenters. The van der Waals surface area contributed by atoms with E-state index in [-0.39, 0.29) is 17.5 Å². The average Bonchev–Trinajstić information content (AvgIpc) is 2.76. The van der Waals surface area contributed by atoms with Crippen LogP contribution in [-0.4, -0.2) is 48.1 Å². The van der Waals surface area contributed by atoms with E-state index in [1.807, 2.05) is 43.3 Å². The number of allylic oxidation sites excluding steroid dienone is 1. The summed E-state index contributed by atoms with van der Waals surface area (Å²) in [7, 11) is 5.55. The molecule has 1 amide bonds. The van der Waals surface area contributed by atoms with Crippen molar-refractivity contribution in [1.82, 2.24) is 19.8 Å². The van der Waals surface area contributed by atoms with Gasteiger partial charge in [0.25, 0.3) is 11.5 Å². The molecule has 2 aromatic carbocycles. The second-order valence-corrected chi connectivity index (χ2v) is 7.75. The maximum Gasteiger partial charge on any atom is 0.262 e. The molecule has 162 valence electrons. The molecule has 0 aliphatic heterocycles. The monoisotopic (exact) mass is 438 g/mol. The number of ether oxygens (including phenoxy) is 1. The summed E-state index contributed by atoms with van der Waals surface area (Å²) in [6, 6.07) is 12.7. The number of carbonyl (C=O) groups excluding carboxylic acids is 1. The van der Waals surface area contributed by atoms with E-state index in [9.17, 15) is 9.59 Å². The van der Waals surface area contributed by atoms with Crippen molar-refractivity contribution >= 4 is 29.0 Å². The molecule has 0 aliphatic rings. The number of nitrogens with zero attached hydrogens (tertiary/aromatic N) is 2. The molecule has 0 saturated heterocycles. The molecule has 2 N–H and O–H groups in total. The minimum atomic E-state index is -0.230. The fourth-order valence-corrected chi connectivity index (χ4v) is 3.70. The Morgan fingerprint density at radius 1 is 1.32 bits per heavy atom. The van der Waals surface area contributed by atoms with Crippen molar-refractivity contribution in [3.63, 3.8) is 0 Å². The molecule has 0 fully saturated rings. The van der Waals surface area contributed by atoms with E-state index in [1.165, 1.54) is 4.57 Å². The molecule has 1 aromatic heterocycles. The van der Waals surface area contributed by atoms with E-state index in [0.29, 0.717) is 34.3 Å². The predicted octanol–water partition coefficient (Wildman–Crippen LogP) is 3.29. The van der Waals surface area contributed by atoms with Crippen LogP contribution < -0.4 is 15.6 Å². The molecule has 0 aliphatic carbocycles. The Morgan fingerprint density at radius 2 is 2.10 bits per heavy atom. The van der Waals surface area contributed by atoms with Crippen LogP contribution in [0.15, 0.2) is 59.9 Å². The standard InChI is InChI=1S/C23H26N4O3S/c1-5-11-27-22(29)18-10-9-16(13-19(18)25-23(27)31)21(28)24-14-20(26(2)3)15-7-6-8-17(12-15)30-4/h5-10,12-13,20H,1,11,14H2,2-4H3,(H,24,28)(H,25,31). The third-order valence-electron chi connectivity index (χ3n) is 5.11. The third-order valence-corrected chi connectivity index (χ3v) is 5.44. The van der Waals surface area contributed by atoms with Gasteiger partial charge in [0.2, 0.25) is 0 Å². The predicted molar refractivity (Wildman–Crippen MR) is 125 cm³/mol. The first kappa shape index (κ1) is 22.5. The van der Waals surface area contributed by atoms with Crippen LogP contribution in [-0.2, 0) is 6.54 Å². The maximum atomic E-state index is 12.8. The van der Waals surface area contributed by atoms with Crippen LogP contribution in [0.3, 0.4) is 0 Å². The Labute approximate surface area is 186 Å². The molecule has 0 bridgehead atoms. The van der Waals surface area contributed by atoms with Crippen LogP contribution in [0.25, 0.3) is 10.9 Å². The second kappa shape index (κ2) is 9.72. The smallest absolute Gasteiger partial charge is 0.262 e. The average molecular weight is 439 g/mol. The minimum Gasteiger partial charge on any atom is -0.497 e. The van der Waals surface area contributed by atoms with Crippen LogP contribution in [0.2, 0.25) is 0 Å². The van der Waals surface area contributed by atoms with Gasteiger partial charge in [0.05, 0.1) is 24.1 Å². The van der Waals surface area contributed by atoms with Gasteiger partial charge in [-0.2, -0.15) is 0 Å². The molecule has 0 spiro atoms. The number of methoxy groups -OCH3 is 1. The first-order chi connectivity index (χ1) is 14.8. The van der Waals surface area contributed by atoms with Crippen LogP contribution >= 0.6 is 12.2 Å². The van der Waals surface area contributed by atoms with E-state index in [0.717, 1.165) is 11.3 Å². The Bertz CT molecular complexity index is 1230. The Morgan fingerprint density at radius 3 is 2.77 bits per heavy atom. The Hall–Kier alpha value is -3.23. The third kappa shape index (κ3) is 4.92. The van der Waals surface area contributed by atoms with Gasteiger partial charge in [-0.3, -0.25) is 14.2 Å². The molecule has 0 saturated carbocycles. The van der Waals surface area contributed by atoms with E-state index >= 15 is 0 Å². The molecule has 31 heavy (non-hydrogen) atoms. The van der Waals surface area contributed by atoms with Crippen molar-refractivity contribution in [1.29, 1.82) is 0 Å². The Balaban J connectivity index is 1.83. The van der Waals surface area contributed by atoms with Gasteiger partial charge in [-0.15, -0.1) is 6.58 Å². The number of hydrogen-bond donors (Lipinski definition) is 2. The molecule has 0 radical (unpaired) electrons. The highest BCUT2D eigenvalue weighted by Crippen LogP contribution is 2.22. The van der Waals surface area contributed by atoms with Gasteiger partial charge in [-0.1, -0.05) is 18.2 Å². The zero-order valence-corrected chi connectivity index (χ0v) is 18.7. The number of fused-ring (bicyclic) bond motifs is 1. The lowest BCUT2D eigenvalue weighted by molar-refractivity contribution is 0.0942. The fraction of sp³-hybridized carbons (Fsp3) is 0.261. The van der Waals surface area contributed by atoms with Gasteiger partial charge < -0.3 is 19.9 Å². The van der Waals surface area contributed by atoms with Crippen molar-refractivity contribution in [2.45, 2.75) is 12.6 Å². The summed E-state index contributed by atoms with van der Waals surface area (Å²) in [5.74, 6) is 0.536. The quantitative estimate of drug-likeness (QED) is 0.417. The number of benzene rings is 2. The van der Waals surface area contributed by atoms with E-state index in [1.54, 1.807) is 31.4 Å². The lowest BCUT2D eigenvalue weighted by Gasteiger charge is -2.25. The number of carbonyl (C=O) groups is 1. The highest BCUT2D eigenvalue weighted by atomic mass is 32.1. The molecule has 1 unspecified atom stereocenters. The molecular weight excluding hydrogens is 412 g/mol. The zero-order chi connectivity index (χ0) is 22.5. The summed E-state index contributed by atoms with van der Waals surface area (Å²) in [5.41, 5.74) is 1.80. The van der Waals surface area contributed by atoms with E-state index in [2.05, 4.69) is 16.9 Å². The normalized spacial score (nSPS) is 12.0. The lowest BCUT2D eigenvalue weighted by Crippen LogP contribution is -2.34. The first-order valence-electron chi connectivity index (χ1n) is 9.82. The summed E-state index contributed by atoms with van der Waals surface area (Å²) in [4.78, 5) is 30.5. The van der Waals surface area contributed by atoms with Gasteiger partial charge in [0, 0.05) is 18.7 Å². The lowest BCUT2D eigenvalue weighted by atomic mass is 10.1. The van der Waals surface area contributed by atoms with Gasteiger partial charge in [-0.05, 0) is 62.2 Å². The first-order valence-corrected chi connectivity index (χ1v) is 10.2. The minimum absolute atomic E-state index is 0.0311. The number of H-pyrrole nitrogens is 1. The molecule has 3 aromatic rings. The summed E-state index contributed by atoms with van der Waals surface area (Å²) in [6.45, 7) is 4.38. The summed E-state index contributed by atoms with van der Waals surface area (Å²) in [6.07, 6.45) is 1.61.